The highest BCUT2D eigenvalue weighted by atomic mass is 14.9. The molecular weight excluding hydrogens is 929 g/mol. The van der Waals surface area contributed by atoms with Gasteiger partial charge in [0, 0.05) is 17.8 Å². The van der Waals surface area contributed by atoms with E-state index in [9.17, 15) is 0 Å². The van der Waals surface area contributed by atoms with Gasteiger partial charge in [0.1, 0.15) is 5.82 Å². The van der Waals surface area contributed by atoms with Crippen molar-refractivity contribution in [2.75, 3.05) is 0 Å². The van der Waals surface area contributed by atoms with Crippen LogP contribution in [0.15, 0.2) is 0 Å². The summed E-state index contributed by atoms with van der Waals surface area (Å²) in [6.45, 7) is 9.11. The lowest BCUT2D eigenvalue weighted by Gasteiger charge is -2.16. The first-order valence-electron chi connectivity index (χ1n) is 36.9. The first-order valence-corrected chi connectivity index (χ1v) is 36.9. The molecule has 1 rings (SSSR count). The van der Waals surface area contributed by atoms with Gasteiger partial charge in [-0.3, -0.25) is 0 Å². The molecule has 0 aliphatic rings. The zero-order valence-corrected chi connectivity index (χ0v) is 54.1. The van der Waals surface area contributed by atoms with E-state index in [1.54, 1.807) is 5.56 Å². The Kier molecular flexibility index (Phi) is 61.8. The molecule has 0 unspecified atom stereocenters. The van der Waals surface area contributed by atoms with Gasteiger partial charge in [-0.1, -0.05) is 413 Å². The maximum absolute atomic E-state index is 5.25. The second kappa shape index (κ2) is 64.3. The highest BCUT2D eigenvalue weighted by molar-refractivity contribution is 5.28. The molecule has 1 aromatic heterocycles. The van der Waals surface area contributed by atoms with Crippen LogP contribution >= 0.6 is 0 Å². The molecule has 1 radical (unpaired) electrons. The molecule has 0 saturated carbocycles. The van der Waals surface area contributed by atoms with E-state index in [-0.39, 0.29) is 0 Å². The van der Waals surface area contributed by atoms with Crippen molar-refractivity contribution in [2.24, 2.45) is 0 Å². The summed E-state index contributed by atoms with van der Waals surface area (Å²) < 4.78 is 0. The van der Waals surface area contributed by atoms with Crippen molar-refractivity contribution in [1.82, 2.24) is 9.97 Å². The summed E-state index contributed by atoms with van der Waals surface area (Å²) >= 11 is 0. The van der Waals surface area contributed by atoms with Gasteiger partial charge in [0.05, 0.1) is 0 Å². The van der Waals surface area contributed by atoms with Crippen molar-refractivity contribution in [3.05, 3.63) is 29.2 Å². The molecule has 0 aromatic carbocycles. The molecule has 0 atom stereocenters. The van der Waals surface area contributed by atoms with Gasteiger partial charge in [0.25, 0.3) is 0 Å². The first kappa shape index (κ1) is 74.1. The molecule has 0 aliphatic carbocycles. The third kappa shape index (κ3) is 54.1. The van der Waals surface area contributed by atoms with Gasteiger partial charge in [0.2, 0.25) is 0 Å². The Hall–Kier alpha value is -0.920. The van der Waals surface area contributed by atoms with Gasteiger partial charge in [-0.25, -0.2) is 9.97 Å². The minimum atomic E-state index is 0.990. The summed E-state index contributed by atoms with van der Waals surface area (Å²) in [6.07, 6.45) is 96.7. The Morgan fingerprint density at radius 2 is 0.338 bits per heavy atom. The predicted molar refractivity (Wildman–Crippen MR) is 350 cm³/mol. The summed E-state index contributed by atoms with van der Waals surface area (Å²) in [7, 11) is 0. The summed E-state index contributed by atoms with van der Waals surface area (Å²) in [6, 6.07) is 0. The smallest absolute Gasteiger partial charge is 0.132 e. The van der Waals surface area contributed by atoms with Crippen LogP contribution in [-0.2, 0) is 19.3 Å². The molecular formula is C75H145N2. The van der Waals surface area contributed by atoms with E-state index in [1.165, 1.54) is 422 Å². The predicted octanol–water partition coefficient (Wildman–Crippen LogP) is 27.3. The monoisotopic (exact) mass is 1070 g/mol. The van der Waals surface area contributed by atoms with Gasteiger partial charge in [-0.05, 0) is 44.1 Å². The Morgan fingerprint density at radius 3 is 0.494 bits per heavy atom. The van der Waals surface area contributed by atoms with Crippen LogP contribution in [0.3, 0.4) is 0 Å². The van der Waals surface area contributed by atoms with Crippen molar-refractivity contribution in [3.63, 3.8) is 0 Å². The standard InChI is InChI=1S/C75H145N2/c1-5-9-12-15-18-21-24-27-30-33-36-39-42-45-48-51-54-57-60-63-66-69-72-73(70-67-64-61-58-55-52-49-46-43-40-37-34-31-28-25-22-19-16-13-10-6-2)76-75(8-4)77-74(72)71-68-65-62-59-56-53-50-47-44-41-38-35-32-29-26-23-20-17-14-11-7-3/h8H,5-7,9-71H2,1-4H3. The Labute approximate surface area is 488 Å². The third-order valence-electron chi connectivity index (χ3n) is 18.0. The average Bonchev–Trinajstić information content (AvgIpc) is 3.44. The van der Waals surface area contributed by atoms with E-state index in [0.29, 0.717) is 0 Å². The molecule has 1 heterocycles. The summed E-state index contributed by atoms with van der Waals surface area (Å²) in [5, 5.41) is 0. The Balaban J connectivity index is 2.35. The molecule has 0 amide bonds. The molecule has 2 heteroatoms. The second-order valence-corrected chi connectivity index (χ2v) is 25.7. The van der Waals surface area contributed by atoms with Crippen LogP contribution in [0.1, 0.15) is 455 Å². The lowest BCUT2D eigenvalue weighted by Crippen LogP contribution is -2.10. The third-order valence-corrected chi connectivity index (χ3v) is 18.0. The normalized spacial score (nSPS) is 11.7. The summed E-state index contributed by atoms with van der Waals surface area (Å²) in [5.41, 5.74) is 4.39. The maximum atomic E-state index is 5.25. The zero-order valence-electron chi connectivity index (χ0n) is 54.1. The summed E-state index contributed by atoms with van der Waals surface area (Å²) in [5.74, 6) is 0.990. The van der Waals surface area contributed by atoms with Gasteiger partial charge < -0.3 is 0 Å². The number of aromatic nitrogens is 2. The van der Waals surface area contributed by atoms with Gasteiger partial charge in [-0.2, -0.15) is 0 Å². The SMILES string of the molecule is C[CH]c1nc(CCCCCCCCCCCCCCCCCCCCCCC)c(CCCCCCCCCCCCCCCCCCCCCCC)c(CCCCCCCCCCCCCCCCCCCCCCC)n1. The fraction of sp³-hybridized carbons (Fsp3) is 0.933. The van der Waals surface area contributed by atoms with E-state index < -0.39 is 0 Å². The molecule has 0 spiro atoms. The minimum absolute atomic E-state index is 0.990. The zero-order chi connectivity index (χ0) is 55.1. The molecule has 0 N–H and O–H groups in total. The quantitative estimate of drug-likeness (QED) is 0.0608. The van der Waals surface area contributed by atoms with Crippen LogP contribution in [0.2, 0.25) is 0 Å². The van der Waals surface area contributed by atoms with Gasteiger partial charge in [0.15, 0.2) is 0 Å². The van der Waals surface area contributed by atoms with Crippen LogP contribution < -0.4 is 0 Å². The molecule has 1 aromatic rings. The number of hydrogen-bond acceptors (Lipinski definition) is 2. The fourth-order valence-electron chi connectivity index (χ4n) is 12.6. The number of nitrogens with zero attached hydrogens (tertiary/aromatic N) is 2. The van der Waals surface area contributed by atoms with E-state index in [1.807, 2.05) is 0 Å². The lowest BCUT2D eigenvalue weighted by atomic mass is 9.96. The van der Waals surface area contributed by atoms with Crippen LogP contribution in [0.5, 0.6) is 0 Å². The van der Waals surface area contributed by atoms with Crippen molar-refractivity contribution >= 4 is 0 Å². The first-order chi connectivity index (χ1) is 38.3. The number of hydrogen-bond donors (Lipinski definition) is 0. The molecule has 0 fully saturated rings. The van der Waals surface area contributed by atoms with Gasteiger partial charge >= 0.3 is 0 Å². The van der Waals surface area contributed by atoms with Crippen molar-refractivity contribution in [2.45, 2.75) is 451 Å². The maximum Gasteiger partial charge on any atom is 0.132 e. The highest BCUT2D eigenvalue weighted by Crippen LogP contribution is 2.24. The van der Waals surface area contributed by atoms with E-state index >= 15 is 0 Å². The molecule has 0 bridgehead atoms. The van der Waals surface area contributed by atoms with Crippen LogP contribution in [0.4, 0.5) is 0 Å². The number of rotatable bonds is 67. The molecule has 77 heavy (non-hydrogen) atoms. The molecule has 0 aliphatic heterocycles. The number of unbranched alkanes of at least 4 members (excludes halogenated alkanes) is 60. The van der Waals surface area contributed by atoms with E-state index in [0.717, 1.165) is 18.7 Å². The van der Waals surface area contributed by atoms with Crippen LogP contribution in [0, 0.1) is 6.42 Å². The van der Waals surface area contributed by atoms with E-state index in [4.69, 9.17) is 9.97 Å². The van der Waals surface area contributed by atoms with Crippen LogP contribution in [-0.4, -0.2) is 9.97 Å². The highest BCUT2D eigenvalue weighted by Gasteiger charge is 2.14. The molecule has 2 nitrogen and oxygen atoms in total. The van der Waals surface area contributed by atoms with Crippen molar-refractivity contribution < 1.29 is 0 Å². The van der Waals surface area contributed by atoms with E-state index in [2.05, 4.69) is 34.1 Å². The van der Waals surface area contributed by atoms with Gasteiger partial charge in [-0.15, -0.1) is 0 Å². The minimum Gasteiger partial charge on any atom is -0.237 e. The fourth-order valence-corrected chi connectivity index (χ4v) is 12.6. The number of aryl methyl sites for hydroxylation is 2. The van der Waals surface area contributed by atoms with Crippen LogP contribution in [0.25, 0.3) is 0 Å². The average molecular weight is 1070 g/mol. The molecule has 455 valence electrons. The van der Waals surface area contributed by atoms with Crippen molar-refractivity contribution in [1.29, 1.82) is 0 Å². The largest absolute Gasteiger partial charge is 0.237 e. The topological polar surface area (TPSA) is 25.8 Å². The van der Waals surface area contributed by atoms with Crippen molar-refractivity contribution in [3.8, 4) is 0 Å². The summed E-state index contributed by atoms with van der Waals surface area (Å²) in [4.78, 5) is 10.5. The molecule has 0 saturated heterocycles. The lowest BCUT2D eigenvalue weighted by molar-refractivity contribution is 0.519. The Bertz CT molecular complexity index is 1170. The Morgan fingerprint density at radius 1 is 0.195 bits per heavy atom. The second-order valence-electron chi connectivity index (χ2n) is 25.7.